The van der Waals surface area contributed by atoms with E-state index in [2.05, 4.69) is 0 Å². The number of rotatable bonds is 6. The van der Waals surface area contributed by atoms with Gasteiger partial charge < -0.3 is 23.7 Å². The second-order valence-electron chi connectivity index (χ2n) is 6.60. The number of methoxy groups -OCH3 is 1. The molecule has 4 atom stereocenters. The number of carbonyl (C=O) groups is 1. The monoisotopic (exact) mass is 370 g/mol. The van der Waals surface area contributed by atoms with Gasteiger partial charge in [0, 0.05) is 0 Å². The molecule has 2 aromatic rings. The number of benzene rings is 2. The highest BCUT2D eigenvalue weighted by Crippen LogP contribution is 2.32. The van der Waals surface area contributed by atoms with E-state index in [1.54, 1.807) is 24.3 Å². The topological polar surface area (TPSA) is 63.2 Å². The minimum Gasteiger partial charge on any atom is -0.485 e. The third-order valence-corrected chi connectivity index (χ3v) is 4.83. The maximum absolute atomic E-state index is 11.5. The molecule has 0 radical (unpaired) electrons. The summed E-state index contributed by atoms with van der Waals surface area (Å²) in [4.78, 5) is 11.5. The van der Waals surface area contributed by atoms with E-state index in [9.17, 15) is 4.79 Å². The summed E-state index contributed by atoms with van der Waals surface area (Å²) in [6, 6.07) is 16.9. The Kier molecular flexibility index (Phi) is 5.38. The van der Waals surface area contributed by atoms with Gasteiger partial charge in [0.15, 0.2) is 6.10 Å². The maximum atomic E-state index is 11.5. The lowest BCUT2D eigenvalue weighted by Crippen LogP contribution is -2.35. The molecule has 2 aromatic carbocycles. The fourth-order valence-corrected chi connectivity index (χ4v) is 3.41. The summed E-state index contributed by atoms with van der Waals surface area (Å²) >= 11 is 0. The van der Waals surface area contributed by atoms with Gasteiger partial charge >= 0.3 is 5.97 Å². The highest BCUT2D eigenvalue weighted by Gasteiger charge is 2.49. The number of ether oxygens (including phenoxy) is 5. The molecule has 2 saturated heterocycles. The van der Waals surface area contributed by atoms with Gasteiger partial charge in [-0.15, -0.1) is 0 Å². The molecule has 0 aromatic heterocycles. The lowest BCUT2D eigenvalue weighted by atomic mass is 10.1. The van der Waals surface area contributed by atoms with Crippen molar-refractivity contribution < 1.29 is 28.5 Å². The summed E-state index contributed by atoms with van der Waals surface area (Å²) in [5.74, 6) is 0.289. The fraction of sp³-hybridized carbons (Fsp3) is 0.381. The molecule has 2 aliphatic rings. The van der Waals surface area contributed by atoms with Crippen LogP contribution in [0, 0.1) is 0 Å². The molecule has 4 unspecified atom stereocenters. The first-order chi connectivity index (χ1) is 13.2. The second kappa shape index (κ2) is 8.08. The van der Waals surface area contributed by atoms with E-state index < -0.39 is 0 Å². The highest BCUT2D eigenvalue weighted by atomic mass is 16.6. The number of hydrogen-bond acceptors (Lipinski definition) is 6. The average molecular weight is 370 g/mol. The van der Waals surface area contributed by atoms with E-state index in [1.807, 2.05) is 30.3 Å². The van der Waals surface area contributed by atoms with E-state index >= 15 is 0 Å². The molecule has 2 heterocycles. The van der Waals surface area contributed by atoms with E-state index in [4.69, 9.17) is 23.7 Å². The molecular weight excluding hydrogens is 348 g/mol. The van der Waals surface area contributed by atoms with Crippen molar-refractivity contribution in [2.24, 2.45) is 0 Å². The van der Waals surface area contributed by atoms with Crippen LogP contribution in [-0.4, -0.2) is 50.7 Å². The normalized spacial score (nSPS) is 26.6. The summed E-state index contributed by atoms with van der Waals surface area (Å²) in [7, 11) is 1.36. The zero-order chi connectivity index (χ0) is 18.6. The molecule has 27 heavy (non-hydrogen) atoms. The predicted octanol–water partition coefficient (Wildman–Crippen LogP) is 2.60. The van der Waals surface area contributed by atoms with Gasteiger partial charge in [-0.05, 0) is 29.8 Å². The molecule has 0 bridgehead atoms. The van der Waals surface area contributed by atoms with Gasteiger partial charge in [0.2, 0.25) is 0 Å². The van der Waals surface area contributed by atoms with Gasteiger partial charge in [0.1, 0.15) is 24.1 Å². The summed E-state index contributed by atoms with van der Waals surface area (Å²) in [6.45, 7) is 1.46. The lowest BCUT2D eigenvalue weighted by molar-refractivity contribution is -0.0425. The standard InChI is InChI=1S/C21H22O6/c1-23-21(22)15-7-9-16(10-8-15)27-18-13-26-19-17(12-25-20(18)19)24-11-14-5-3-2-4-6-14/h2-10,17-20H,11-13H2,1H3. The third-order valence-electron chi connectivity index (χ3n) is 4.83. The Morgan fingerprint density at radius 2 is 1.63 bits per heavy atom. The van der Waals surface area contributed by atoms with Crippen LogP contribution in [0.3, 0.4) is 0 Å². The molecular formula is C21H22O6. The van der Waals surface area contributed by atoms with E-state index in [-0.39, 0.29) is 30.4 Å². The minimum absolute atomic E-state index is 0.106. The molecule has 0 amide bonds. The largest absolute Gasteiger partial charge is 0.485 e. The van der Waals surface area contributed by atoms with Crippen LogP contribution >= 0.6 is 0 Å². The summed E-state index contributed by atoms with van der Waals surface area (Å²) < 4.78 is 28.5. The van der Waals surface area contributed by atoms with E-state index in [1.165, 1.54) is 7.11 Å². The number of carbonyl (C=O) groups excluding carboxylic acids is 1. The second-order valence-corrected chi connectivity index (χ2v) is 6.60. The molecule has 2 fully saturated rings. The summed E-state index contributed by atoms with van der Waals surface area (Å²) in [5.41, 5.74) is 1.61. The molecule has 0 saturated carbocycles. The minimum atomic E-state index is -0.372. The van der Waals surface area contributed by atoms with Crippen molar-refractivity contribution in [1.82, 2.24) is 0 Å². The molecule has 6 heteroatoms. The van der Waals surface area contributed by atoms with E-state index in [0.717, 1.165) is 5.56 Å². The first-order valence-electron chi connectivity index (χ1n) is 8.98. The third kappa shape index (κ3) is 3.98. The number of fused-ring (bicyclic) bond motifs is 1. The van der Waals surface area contributed by atoms with Crippen molar-refractivity contribution >= 4 is 5.97 Å². The lowest BCUT2D eigenvalue weighted by Gasteiger charge is -2.18. The van der Waals surface area contributed by atoms with Crippen LogP contribution in [0.1, 0.15) is 15.9 Å². The zero-order valence-corrected chi connectivity index (χ0v) is 15.1. The molecule has 0 N–H and O–H groups in total. The van der Waals surface area contributed by atoms with Crippen LogP contribution in [0.2, 0.25) is 0 Å². The van der Waals surface area contributed by atoms with Gasteiger partial charge in [-0.2, -0.15) is 0 Å². The van der Waals surface area contributed by atoms with Crippen LogP contribution < -0.4 is 4.74 Å². The van der Waals surface area contributed by atoms with E-state index in [0.29, 0.717) is 31.1 Å². The Morgan fingerprint density at radius 3 is 2.33 bits per heavy atom. The molecule has 0 aliphatic carbocycles. The Balaban J connectivity index is 1.32. The fourth-order valence-electron chi connectivity index (χ4n) is 3.41. The Morgan fingerprint density at radius 1 is 0.963 bits per heavy atom. The number of esters is 1. The van der Waals surface area contributed by atoms with Crippen molar-refractivity contribution in [2.75, 3.05) is 20.3 Å². The molecule has 142 valence electrons. The molecule has 2 aliphatic heterocycles. The Labute approximate surface area is 157 Å². The van der Waals surface area contributed by atoms with Gasteiger partial charge in [-0.3, -0.25) is 0 Å². The van der Waals surface area contributed by atoms with Gasteiger partial charge in [0.05, 0.1) is 32.5 Å². The quantitative estimate of drug-likeness (QED) is 0.729. The van der Waals surface area contributed by atoms with Gasteiger partial charge in [0.25, 0.3) is 0 Å². The maximum Gasteiger partial charge on any atom is 0.337 e. The Bertz CT molecular complexity index is 760. The van der Waals surface area contributed by atoms with Crippen LogP contribution in [0.4, 0.5) is 0 Å². The van der Waals surface area contributed by atoms with Crippen LogP contribution in [-0.2, 0) is 25.6 Å². The SMILES string of the molecule is COC(=O)c1ccc(OC2COC3C(OCc4ccccc4)COC23)cc1. The molecule has 6 nitrogen and oxygen atoms in total. The number of hydrogen-bond donors (Lipinski definition) is 0. The summed E-state index contributed by atoms with van der Waals surface area (Å²) in [6.07, 6.45) is -0.603. The average Bonchev–Trinajstić information content (AvgIpc) is 3.30. The van der Waals surface area contributed by atoms with Crippen LogP contribution in [0.5, 0.6) is 5.75 Å². The first kappa shape index (κ1) is 18.0. The molecule has 0 spiro atoms. The van der Waals surface area contributed by atoms with Crippen molar-refractivity contribution in [3.63, 3.8) is 0 Å². The highest BCUT2D eigenvalue weighted by molar-refractivity contribution is 5.89. The Hall–Kier alpha value is -2.41. The zero-order valence-electron chi connectivity index (χ0n) is 15.1. The van der Waals surface area contributed by atoms with Crippen molar-refractivity contribution in [3.05, 3.63) is 65.7 Å². The van der Waals surface area contributed by atoms with Crippen LogP contribution in [0.15, 0.2) is 54.6 Å². The van der Waals surface area contributed by atoms with Gasteiger partial charge in [-0.1, -0.05) is 30.3 Å². The smallest absolute Gasteiger partial charge is 0.337 e. The van der Waals surface area contributed by atoms with Gasteiger partial charge in [-0.25, -0.2) is 4.79 Å². The first-order valence-corrected chi connectivity index (χ1v) is 8.98. The van der Waals surface area contributed by atoms with Crippen molar-refractivity contribution in [1.29, 1.82) is 0 Å². The van der Waals surface area contributed by atoms with Crippen molar-refractivity contribution in [3.8, 4) is 5.75 Å². The van der Waals surface area contributed by atoms with Crippen molar-refractivity contribution in [2.45, 2.75) is 31.0 Å². The van der Waals surface area contributed by atoms with Crippen LogP contribution in [0.25, 0.3) is 0 Å². The summed E-state index contributed by atoms with van der Waals surface area (Å²) in [5, 5.41) is 0. The molecule has 4 rings (SSSR count). The predicted molar refractivity (Wildman–Crippen MR) is 96.7 cm³/mol.